The van der Waals surface area contributed by atoms with Crippen LogP contribution in [0, 0.1) is 5.82 Å². The first-order valence-electron chi connectivity index (χ1n) is 4.50. The van der Waals surface area contributed by atoms with E-state index in [9.17, 15) is 14.3 Å². The third kappa shape index (κ3) is 2.40. The molecule has 0 radical (unpaired) electrons. The molecular formula is C10H12FNO4. The normalized spacial score (nSPS) is 12.2. The van der Waals surface area contributed by atoms with Crippen LogP contribution in [-0.2, 0) is 4.79 Å². The van der Waals surface area contributed by atoms with Crippen molar-refractivity contribution in [3.05, 3.63) is 23.5 Å². The number of aliphatic carboxylic acids is 1. The van der Waals surface area contributed by atoms with Gasteiger partial charge in [-0.05, 0) is 12.1 Å². The van der Waals surface area contributed by atoms with Crippen LogP contribution in [0.5, 0.6) is 11.5 Å². The molecule has 0 bridgehead atoms. The molecule has 6 heteroatoms. The number of phenolic OH excluding ortho intramolecular Hbond substituents is 1. The van der Waals surface area contributed by atoms with Crippen LogP contribution in [-0.4, -0.2) is 23.3 Å². The Labute approximate surface area is 91.3 Å². The van der Waals surface area contributed by atoms with Crippen molar-refractivity contribution >= 4 is 5.97 Å². The lowest BCUT2D eigenvalue weighted by atomic mass is 10.0. The highest BCUT2D eigenvalue weighted by molar-refractivity contribution is 5.68. The fraction of sp³-hybridized carbons (Fsp3) is 0.300. The summed E-state index contributed by atoms with van der Waals surface area (Å²) in [6.07, 6.45) is -0.475. The molecule has 0 heterocycles. The molecule has 0 fully saturated rings. The van der Waals surface area contributed by atoms with Crippen molar-refractivity contribution in [1.82, 2.24) is 0 Å². The fourth-order valence-electron chi connectivity index (χ4n) is 1.36. The zero-order valence-corrected chi connectivity index (χ0v) is 8.61. The van der Waals surface area contributed by atoms with Gasteiger partial charge in [-0.1, -0.05) is 0 Å². The molecule has 0 aliphatic heterocycles. The molecule has 16 heavy (non-hydrogen) atoms. The number of carboxylic acid groups (broad SMARTS) is 1. The number of rotatable bonds is 4. The lowest BCUT2D eigenvalue weighted by Crippen LogP contribution is -2.17. The van der Waals surface area contributed by atoms with Gasteiger partial charge in [0, 0.05) is 6.04 Å². The van der Waals surface area contributed by atoms with E-state index in [2.05, 4.69) is 0 Å². The number of phenols is 1. The van der Waals surface area contributed by atoms with Crippen molar-refractivity contribution in [3.8, 4) is 11.5 Å². The molecule has 0 saturated heterocycles. The van der Waals surface area contributed by atoms with E-state index in [1.165, 1.54) is 19.2 Å². The minimum atomic E-state index is -1.17. The Morgan fingerprint density at radius 2 is 2.25 bits per heavy atom. The van der Waals surface area contributed by atoms with E-state index in [0.29, 0.717) is 0 Å². The largest absolute Gasteiger partial charge is 0.507 e. The van der Waals surface area contributed by atoms with Crippen LogP contribution in [0.4, 0.5) is 4.39 Å². The molecule has 1 aromatic carbocycles. The second-order valence-corrected chi connectivity index (χ2v) is 3.22. The summed E-state index contributed by atoms with van der Waals surface area (Å²) in [6, 6.07) is 1.33. The van der Waals surface area contributed by atoms with Gasteiger partial charge in [0.1, 0.15) is 5.75 Å². The Hall–Kier alpha value is -1.82. The van der Waals surface area contributed by atoms with Gasteiger partial charge in [0.05, 0.1) is 19.1 Å². The zero-order chi connectivity index (χ0) is 12.3. The van der Waals surface area contributed by atoms with Gasteiger partial charge in [-0.2, -0.15) is 0 Å². The molecule has 1 rings (SSSR count). The number of hydrogen-bond acceptors (Lipinski definition) is 4. The predicted molar refractivity (Wildman–Crippen MR) is 53.8 cm³/mol. The first kappa shape index (κ1) is 12.3. The van der Waals surface area contributed by atoms with Gasteiger partial charge in [0.2, 0.25) is 0 Å². The van der Waals surface area contributed by atoms with Crippen molar-refractivity contribution in [2.45, 2.75) is 12.5 Å². The van der Waals surface area contributed by atoms with E-state index in [1.54, 1.807) is 0 Å². The number of benzene rings is 1. The smallest absolute Gasteiger partial charge is 0.305 e. The summed E-state index contributed by atoms with van der Waals surface area (Å²) in [6.45, 7) is 0. The zero-order valence-electron chi connectivity index (χ0n) is 8.61. The summed E-state index contributed by atoms with van der Waals surface area (Å²) in [5.74, 6) is -2.48. The third-order valence-electron chi connectivity index (χ3n) is 2.11. The van der Waals surface area contributed by atoms with Gasteiger partial charge in [0.25, 0.3) is 0 Å². The number of hydrogen-bond donors (Lipinski definition) is 3. The van der Waals surface area contributed by atoms with Gasteiger partial charge in [-0.15, -0.1) is 0 Å². The SMILES string of the molecule is COc1ccc(O)c(C(N)CC(=O)O)c1F. The average Bonchev–Trinajstić information content (AvgIpc) is 2.16. The van der Waals surface area contributed by atoms with Crippen LogP contribution in [0.3, 0.4) is 0 Å². The molecule has 1 atom stereocenters. The van der Waals surface area contributed by atoms with Gasteiger partial charge >= 0.3 is 5.97 Å². The number of ether oxygens (including phenoxy) is 1. The first-order valence-corrected chi connectivity index (χ1v) is 4.50. The highest BCUT2D eigenvalue weighted by atomic mass is 19.1. The van der Waals surface area contributed by atoms with Crippen molar-refractivity contribution in [2.24, 2.45) is 5.73 Å². The van der Waals surface area contributed by atoms with Crippen LogP contribution in [0.1, 0.15) is 18.0 Å². The van der Waals surface area contributed by atoms with E-state index in [1.807, 2.05) is 0 Å². The molecule has 4 N–H and O–H groups in total. The molecule has 5 nitrogen and oxygen atoms in total. The molecule has 1 aromatic rings. The number of carbonyl (C=O) groups is 1. The van der Waals surface area contributed by atoms with E-state index in [0.717, 1.165) is 0 Å². The highest BCUT2D eigenvalue weighted by Crippen LogP contribution is 2.32. The second kappa shape index (κ2) is 4.80. The molecular weight excluding hydrogens is 217 g/mol. The molecule has 88 valence electrons. The summed E-state index contributed by atoms with van der Waals surface area (Å²) in [5.41, 5.74) is 5.24. The summed E-state index contributed by atoms with van der Waals surface area (Å²) in [4.78, 5) is 10.4. The quantitative estimate of drug-likeness (QED) is 0.716. The Morgan fingerprint density at radius 1 is 1.62 bits per heavy atom. The standard InChI is InChI=1S/C10H12FNO4/c1-16-7-3-2-6(13)9(10(7)11)5(12)4-8(14)15/h2-3,5,13H,4,12H2,1H3,(H,14,15). The van der Waals surface area contributed by atoms with Gasteiger partial charge in [0.15, 0.2) is 11.6 Å². The predicted octanol–water partition coefficient (Wildman–Crippen LogP) is 1.01. The van der Waals surface area contributed by atoms with Gasteiger partial charge < -0.3 is 20.7 Å². The lowest BCUT2D eigenvalue weighted by Gasteiger charge is -2.14. The van der Waals surface area contributed by atoms with E-state index < -0.39 is 24.2 Å². The Kier molecular flexibility index (Phi) is 3.68. The maximum Gasteiger partial charge on any atom is 0.305 e. The highest BCUT2D eigenvalue weighted by Gasteiger charge is 2.21. The molecule has 0 aliphatic rings. The Bertz CT molecular complexity index is 408. The van der Waals surface area contributed by atoms with Crippen molar-refractivity contribution in [2.75, 3.05) is 7.11 Å². The van der Waals surface area contributed by atoms with Gasteiger partial charge in [-0.3, -0.25) is 4.79 Å². The number of carboxylic acids is 1. The van der Waals surface area contributed by atoms with Crippen LogP contribution >= 0.6 is 0 Å². The second-order valence-electron chi connectivity index (χ2n) is 3.22. The minimum absolute atomic E-state index is 0.0892. The molecule has 0 saturated carbocycles. The van der Waals surface area contributed by atoms with Gasteiger partial charge in [-0.25, -0.2) is 4.39 Å². The monoisotopic (exact) mass is 229 g/mol. The molecule has 1 unspecified atom stereocenters. The number of methoxy groups -OCH3 is 1. The average molecular weight is 229 g/mol. The molecule has 0 aliphatic carbocycles. The molecule has 0 amide bonds. The van der Waals surface area contributed by atoms with E-state index in [-0.39, 0.29) is 17.1 Å². The Morgan fingerprint density at radius 3 is 2.75 bits per heavy atom. The number of aromatic hydroxyl groups is 1. The summed E-state index contributed by atoms with van der Waals surface area (Å²) in [7, 11) is 1.27. The van der Waals surface area contributed by atoms with Crippen LogP contribution in [0.15, 0.2) is 12.1 Å². The minimum Gasteiger partial charge on any atom is -0.507 e. The maximum absolute atomic E-state index is 13.7. The maximum atomic E-state index is 13.7. The summed E-state index contributed by atoms with van der Waals surface area (Å²) >= 11 is 0. The summed E-state index contributed by atoms with van der Waals surface area (Å²) < 4.78 is 18.4. The third-order valence-corrected chi connectivity index (χ3v) is 2.11. The van der Waals surface area contributed by atoms with E-state index in [4.69, 9.17) is 15.6 Å². The van der Waals surface area contributed by atoms with Crippen LogP contribution in [0.25, 0.3) is 0 Å². The Balaban J connectivity index is 3.15. The number of nitrogens with two attached hydrogens (primary N) is 1. The number of halogens is 1. The molecule has 0 spiro atoms. The van der Waals surface area contributed by atoms with Crippen molar-refractivity contribution in [1.29, 1.82) is 0 Å². The van der Waals surface area contributed by atoms with Crippen LogP contribution in [0.2, 0.25) is 0 Å². The summed E-state index contributed by atoms with van der Waals surface area (Å²) in [5, 5.41) is 18.0. The van der Waals surface area contributed by atoms with Crippen molar-refractivity contribution < 1.29 is 24.1 Å². The van der Waals surface area contributed by atoms with Crippen LogP contribution < -0.4 is 10.5 Å². The topological polar surface area (TPSA) is 92.8 Å². The lowest BCUT2D eigenvalue weighted by molar-refractivity contribution is -0.137. The fourth-order valence-corrected chi connectivity index (χ4v) is 1.36. The molecule has 0 aromatic heterocycles. The first-order chi connectivity index (χ1) is 7.47. The van der Waals surface area contributed by atoms with E-state index >= 15 is 0 Å². The van der Waals surface area contributed by atoms with Crippen molar-refractivity contribution in [3.63, 3.8) is 0 Å².